The Morgan fingerprint density at radius 2 is 1.71 bits per heavy atom. The first-order valence-corrected chi connectivity index (χ1v) is 9.64. The number of nitrogens with one attached hydrogen (secondary N) is 2. The highest BCUT2D eigenvalue weighted by molar-refractivity contribution is 7.80. The van der Waals surface area contributed by atoms with Crippen molar-refractivity contribution in [1.82, 2.24) is 20.7 Å². The highest BCUT2D eigenvalue weighted by Gasteiger charge is 2.21. The molecular formula is C16H32N6S2. The summed E-state index contributed by atoms with van der Waals surface area (Å²) in [6.07, 6.45) is 6.11. The van der Waals surface area contributed by atoms with Crippen LogP contribution in [0.3, 0.4) is 0 Å². The SMILES string of the molecule is CCN(CC)C(=S)N(C)NC(=S)NC(C)(C)N=NC1CCCCC1. The van der Waals surface area contributed by atoms with Crippen molar-refractivity contribution in [2.75, 3.05) is 20.1 Å². The van der Waals surface area contributed by atoms with Gasteiger partial charge in [-0.3, -0.25) is 10.4 Å². The van der Waals surface area contributed by atoms with Crippen LogP contribution in [-0.2, 0) is 0 Å². The molecule has 1 rings (SSSR count). The van der Waals surface area contributed by atoms with E-state index in [0.29, 0.717) is 16.3 Å². The molecule has 0 aromatic rings. The Bertz CT molecular complexity index is 442. The molecule has 0 radical (unpaired) electrons. The topological polar surface area (TPSA) is 55.3 Å². The molecule has 0 aromatic heterocycles. The Balaban J connectivity index is 2.49. The Morgan fingerprint density at radius 3 is 2.25 bits per heavy atom. The molecule has 138 valence electrons. The molecule has 0 amide bonds. The van der Waals surface area contributed by atoms with Crippen molar-refractivity contribution in [2.45, 2.75) is 71.5 Å². The third kappa shape index (κ3) is 7.25. The van der Waals surface area contributed by atoms with Gasteiger partial charge in [-0.25, -0.2) is 0 Å². The molecule has 1 aliphatic rings. The van der Waals surface area contributed by atoms with E-state index in [1.807, 2.05) is 20.9 Å². The number of hydrogen-bond acceptors (Lipinski definition) is 4. The molecule has 0 heterocycles. The van der Waals surface area contributed by atoms with Gasteiger partial charge in [0.2, 0.25) is 0 Å². The van der Waals surface area contributed by atoms with Crippen LogP contribution in [0.1, 0.15) is 59.8 Å². The van der Waals surface area contributed by atoms with E-state index in [2.05, 4.69) is 39.7 Å². The van der Waals surface area contributed by atoms with E-state index in [1.54, 1.807) is 5.01 Å². The van der Waals surface area contributed by atoms with Gasteiger partial charge in [-0.2, -0.15) is 10.2 Å². The molecule has 0 aliphatic heterocycles. The van der Waals surface area contributed by atoms with Gasteiger partial charge in [0.05, 0.1) is 6.04 Å². The fraction of sp³-hybridized carbons (Fsp3) is 0.875. The Labute approximate surface area is 157 Å². The summed E-state index contributed by atoms with van der Waals surface area (Å²) in [4.78, 5) is 2.08. The first-order valence-electron chi connectivity index (χ1n) is 8.82. The van der Waals surface area contributed by atoms with Crippen LogP contribution in [0, 0.1) is 0 Å². The molecule has 1 saturated carbocycles. The lowest BCUT2D eigenvalue weighted by molar-refractivity contribution is 0.346. The predicted octanol–water partition coefficient (Wildman–Crippen LogP) is 3.45. The van der Waals surface area contributed by atoms with Gasteiger partial charge in [-0.05, 0) is 65.0 Å². The van der Waals surface area contributed by atoms with Crippen LogP contribution in [0.25, 0.3) is 0 Å². The summed E-state index contributed by atoms with van der Waals surface area (Å²) in [5, 5.41) is 15.1. The monoisotopic (exact) mass is 372 g/mol. The maximum atomic E-state index is 5.45. The zero-order valence-electron chi connectivity index (χ0n) is 15.6. The molecule has 0 atom stereocenters. The lowest BCUT2D eigenvalue weighted by Crippen LogP contribution is -2.55. The highest BCUT2D eigenvalue weighted by Crippen LogP contribution is 2.21. The summed E-state index contributed by atoms with van der Waals surface area (Å²) in [6.45, 7) is 9.82. The number of rotatable bonds is 5. The van der Waals surface area contributed by atoms with E-state index in [0.717, 1.165) is 25.9 Å². The molecule has 1 fully saturated rings. The van der Waals surface area contributed by atoms with Gasteiger partial charge < -0.3 is 10.2 Å². The summed E-state index contributed by atoms with van der Waals surface area (Å²) in [6, 6.07) is 0.360. The minimum atomic E-state index is -0.542. The van der Waals surface area contributed by atoms with Crippen molar-refractivity contribution < 1.29 is 0 Å². The molecule has 0 spiro atoms. The molecule has 0 aromatic carbocycles. The largest absolute Gasteiger partial charge is 0.348 e. The standard InChI is InChI=1S/C16H32N6S2/c1-6-22(7-2)15(24)21(5)19-14(23)17-16(3,4)20-18-13-11-9-8-10-12-13/h13H,6-12H2,1-5H3,(H2,17,19,23). The van der Waals surface area contributed by atoms with Gasteiger partial charge in [0, 0.05) is 20.1 Å². The van der Waals surface area contributed by atoms with Gasteiger partial charge in [0.15, 0.2) is 10.2 Å². The average molecular weight is 373 g/mol. The normalized spacial score (nSPS) is 16.0. The van der Waals surface area contributed by atoms with Gasteiger partial charge in [-0.1, -0.05) is 19.3 Å². The molecule has 8 heteroatoms. The van der Waals surface area contributed by atoms with Crippen LogP contribution in [0.4, 0.5) is 0 Å². The predicted molar refractivity (Wildman–Crippen MR) is 108 cm³/mol. The lowest BCUT2D eigenvalue weighted by Gasteiger charge is -2.32. The van der Waals surface area contributed by atoms with Crippen LogP contribution in [-0.4, -0.2) is 52.0 Å². The van der Waals surface area contributed by atoms with Gasteiger partial charge >= 0.3 is 0 Å². The molecule has 0 saturated heterocycles. The van der Waals surface area contributed by atoms with Crippen LogP contribution >= 0.6 is 24.4 Å². The summed E-state index contributed by atoms with van der Waals surface area (Å²) >= 11 is 10.8. The Morgan fingerprint density at radius 1 is 1.12 bits per heavy atom. The average Bonchev–Trinajstić information content (AvgIpc) is 2.54. The van der Waals surface area contributed by atoms with Crippen molar-refractivity contribution >= 4 is 34.7 Å². The Hall–Kier alpha value is -1.02. The van der Waals surface area contributed by atoms with Gasteiger partial charge in [-0.15, -0.1) is 0 Å². The molecule has 2 N–H and O–H groups in total. The van der Waals surface area contributed by atoms with E-state index < -0.39 is 5.66 Å². The minimum Gasteiger partial charge on any atom is -0.348 e. The van der Waals surface area contributed by atoms with Crippen molar-refractivity contribution in [3.05, 3.63) is 0 Å². The highest BCUT2D eigenvalue weighted by atomic mass is 32.1. The zero-order chi connectivity index (χ0) is 18.2. The summed E-state index contributed by atoms with van der Waals surface area (Å²) < 4.78 is 0. The molecule has 24 heavy (non-hydrogen) atoms. The van der Waals surface area contributed by atoms with Crippen LogP contribution in [0.15, 0.2) is 10.2 Å². The zero-order valence-corrected chi connectivity index (χ0v) is 17.3. The molecule has 0 bridgehead atoms. The first-order chi connectivity index (χ1) is 11.3. The number of thiocarbonyl (C=S) groups is 2. The van der Waals surface area contributed by atoms with E-state index in [4.69, 9.17) is 24.4 Å². The smallest absolute Gasteiger partial charge is 0.190 e. The number of hydrazine groups is 1. The van der Waals surface area contributed by atoms with E-state index in [1.165, 1.54) is 19.3 Å². The van der Waals surface area contributed by atoms with Crippen molar-refractivity contribution in [3.8, 4) is 0 Å². The summed E-state index contributed by atoms with van der Waals surface area (Å²) in [5.74, 6) is 0. The maximum absolute atomic E-state index is 5.45. The Kier molecular flexibility index (Phi) is 8.83. The summed E-state index contributed by atoms with van der Waals surface area (Å²) in [7, 11) is 1.87. The fourth-order valence-corrected chi connectivity index (χ4v) is 3.35. The van der Waals surface area contributed by atoms with Crippen LogP contribution < -0.4 is 10.7 Å². The lowest BCUT2D eigenvalue weighted by atomic mass is 9.96. The second-order valence-corrected chi connectivity index (χ2v) is 7.42. The number of hydrogen-bond donors (Lipinski definition) is 2. The van der Waals surface area contributed by atoms with Crippen molar-refractivity contribution in [3.63, 3.8) is 0 Å². The van der Waals surface area contributed by atoms with Crippen LogP contribution in [0.5, 0.6) is 0 Å². The van der Waals surface area contributed by atoms with Crippen molar-refractivity contribution in [2.24, 2.45) is 10.2 Å². The molecule has 6 nitrogen and oxygen atoms in total. The van der Waals surface area contributed by atoms with E-state index >= 15 is 0 Å². The minimum absolute atomic E-state index is 0.360. The second kappa shape index (κ2) is 10.1. The van der Waals surface area contributed by atoms with E-state index in [9.17, 15) is 0 Å². The van der Waals surface area contributed by atoms with Crippen molar-refractivity contribution in [1.29, 1.82) is 0 Å². The number of nitrogens with zero attached hydrogens (tertiary/aromatic N) is 4. The fourth-order valence-electron chi connectivity index (χ4n) is 2.66. The third-order valence-electron chi connectivity index (χ3n) is 4.06. The molecular weight excluding hydrogens is 340 g/mol. The summed E-state index contributed by atoms with van der Waals surface area (Å²) in [5.41, 5.74) is 2.55. The van der Waals surface area contributed by atoms with Gasteiger partial charge in [0.25, 0.3) is 0 Å². The van der Waals surface area contributed by atoms with E-state index in [-0.39, 0.29) is 0 Å². The second-order valence-electron chi connectivity index (χ2n) is 6.65. The first kappa shape index (κ1) is 21.0. The molecule has 1 aliphatic carbocycles. The quantitative estimate of drug-likeness (QED) is 0.438. The molecule has 0 unspecified atom stereocenters. The maximum Gasteiger partial charge on any atom is 0.190 e. The third-order valence-corrected chi connectivity index (χ3v) is 4.78. The number of azo groups is 1. The van der Waals surface area contributed by atoms with Crippen LogP contribution in [0.2, 0.25) is 0 Å². The van der Waals surface area contributed by atoms with Gasteiger partial charge in [0.1, 0.15) is 5.66 Å².